The van der Waals surface area contributed by atoms with Gasteiger partial charge in [0.2, 0.25) is 5.91 Å². The second kappa shape index (κ2) is 27.9. The number of hydrogen-bond donors (Lipinski definition) is 4. The van der Waals surface area contributed by atoms with Crippen LogP contribution >= 0.6 is 0 Å². The van der Waals surface area contributed by atoms with Gasteiger partial charge in [-0.1, -0.05) is 134 Å². The lowest BCUT2D eigenvalue weighted by Gasteiger charge is -2.21. The van der Waals surface area contributed by atoms with E-state index in [-0.39, 0.29) is 18.9 Å². The minimum absolute atomic E-state index is 0.00795. The van der Waals surface area contributed by atoms with Crippen molar-refractivity contribution in [2.24, 2.45) is 0 Å². The average molecular weight is 524 g/mol. The van der Waals surface area contributed by atoms with Crippen molar-refractivity contribution in [3.8, 4) is 0 Å². The fraction of sp³-hybridized carbons (Fsp3) is 0.844. The maximum absolute atomic E-state index is 12.3. The van der Waals surface area contributed by atoms with Gasteiger partial charge in [-0.25, -0.2) is 0 Å². The zero-order valence-corrected chi connectivity index (χ0v) is 24.3. The molecule has 0 aromatic heterocycles. The van der Waals surface area contributed by atoms with E-state index in [1.807, 2.05) is 6.08 Å². The molecule has 0 bridgehead atoms. The van der Waals surface area contributed by atoms with Crippen LogP contribution in [0.1, 0.15) is 149 Å². The SMILES string of the molecule is CCCCCC/C=C/CC/C=C/C(O)C(CO)NC(=O)CC(O)CCCCCCCCCCCCCC. The fourth-order valence-corrected chi connectivity index (χ4v) is 4.53. The number of amides is 1. The number of aliphatic hydroxyl groups is 3. The molecule has 0 fully saturated rings. The molecule has 218 valence electrons. The number of aliphatic hydroxyl groups excluding tert-OH is 3. The summed E-state index contributed by atoms with van der Waals surface area (Å²) >= 11 is 0. The van der Waals surface area contributed by atoms with Crippen LogP contribution in [0, 0.1) is 0 Å². The molecule has 0 heterocycles. The van der Waals surface area contributed by atoms with Crippen LogP contribution in [-0.4, -0.2) is 46.1 Å². The van der Waals surface area contributed by atoms with Gasteiger partial charge in [-0.05, 0) is 32.1 Å². The van der Waals surface area contributed by atoms with Crippen LogP contribution in [0.25, 0.3) is 0 Å². The van der Waals surface area contributed by atoms with Gasteiger partial charge < -0.3 is 20.6 Å². The van der Waals surface area contributed by atoms with Gasteiger partial charge in [-0.15, -0.1) is 0 Å². The molecule has 3 unspecified atom stereocenters. The van der Waals surface area contributed by atoms with Gasteiger partial charge in [-0.2, -0.15) is 0 Å². The third-order valence-corrected chi connectivity index (χ3v) is 6.99. The van der Waals surface area contributed by atoms with E-state index in [4.69, 9.17) is 0 Å². The van der Waals surface area contributed by atoms with Crippen LogP contribution < -0.4 is 5.32 Å². The first kappa shape index (κ1) is 35.8. The molecule has 1 amide bonds. The third kappa shape index (κ3) is 24.9. The maximum Gasteiger partial charge on any atom is 0.222 e. The third-order valence-electron chi connectivity index (χ3n) is 6.99. The Morgan fingerprint density at radius 2 is 1.16 bits per heavy atom. The molecule has 0 saturated carbocycles. The Balaban J connectivity index is 3.84. The molecular weight excluding hydrogens is 462 g/mol. The first-order chi connectivity index (χ1) is 18.0. The number of carbonyl (C=O) groups is 1. The lowest BCUT2D eigenvalue weighted by molar-refractivity contribution is -0.124. The van der Waals surface area contributed by atoms with Crippen molar-refractivity contribution in [1.29, 1.82) is 0 Å². The summed E-state index contributed by atoms with van der Waals surface area (Å²) in [5.41, 5.74) is 0. The van der Waals surface area contributed by atoms with Gasteiger partial charge in [0, 0.05) is 0 Å². The standard InChI is InChI=1S/C32H61NO4/c1-3-5-7-9-11-13-15-16-17-19-21-23-25-29(35)27-32(37)33-30(28-34)31(36)26-24-22-20-18-14-12-10-8-6-4-2/h14,18,24,26,29-31,34-36H,3-13,15-17,19-23,25,27-28H2,1-2H3,(H,33,37)/b18-14+,26-24+. The van der Waals surface area contributed by atoms with E-state index in [9.17, 15) is 20.1 Å². The predicted molar refractivity (Wildman–Crippen MR) is 158 cm³/mol. The highest BCUT2D eigenvalue weighted by molar-refractivity contribution is 5.76. The summed E-state index contributed by atoms with van der Waals surface area (Å²) in [7, 11) is 0. The van der Waals surface area contributed by atoms with Crippen molar-refractivity contribution >= 4 is 5.91 Å². The second-order valence-electron chi connectivity index (χ2n) is 10.7. The molecular formula is C32H61NO4. The zero-order chi connectivity index (χ0) is 27.4. The number of allylic oxidation sites excluding steroid dienone is 3. The number of hydrogen-bond acceptors (Lipinski definition) is 4. The topological polar surface area (TPSA) is 89.8 Å². The van der Waals surface area contributed by atoms with Crippen LogP contribution in [0.3, 0.4) is 0 Å². The Morgan fingerprint density at radius 3 is 1.73 bits per heavy atom. The summed E-state index contributed by atoms with van der Waals surface area (Å²) in [5.74, 6) is -0.330. The van der Waals surface area contributed by atoms with Crippen LogP contribution in [0.2, 0.25) is 0 Å². The number of unbranched alkanes of at least 4 members (excludes halogenated alkanes) is 16. The fourth-order valence-electron chi connectivity index (χ4n) is 4.53. The molecule has 0 spiro atoms. The highest BCUT2D eigenvalue weighted by Gasteiger charge is 2.20. The van der Waals surface area contributed by atoms with E-state index in [0.717, 1.165) is 32.1 Å². The van der Waals surface area contributed by atoms with Crippen molar-refractivity contribution in [3.05, 3.63) is 24.3 Å². The summed E-state index contributed by atoms with van der Waals surface area (Å²) in [6, 6.07) is -0.753. The van der Waals surface area contributed by atoms with Gasteiger partial charge in [0.25, 0.3) is 0 Å². The van der Waals surface area contributed by atoms with Gasteiger partial charge in [0.1, 0.15) is 0 Å². The summed E-state index contributed by atoms with van der Waals surface area (Å²) < 4.78 is 0. The van der Waals surface area contributed by atoms with Crippen LogP contribution in [0.15, 0.2) is 24.3 Å². The van der Waals surface area contributed by atoms with E-state index in [1.54, 1.807) is 6.08 Å². The minimum Gasteiger partial charge on any atom is -0.394 e. The normalized spacial score (nSPS) is 14.4. The van der Waals surface area contributed by atoms with Crippen molar-refractivity contribution in [3.63, 3.8) is 0 Å². The molecule has 0 aliphatic rings. The van der Waals surface area contributed by atoms with E-state index < -0.39 is 18.2 Å². The van der Waals surface area contributed by atoms with E-state index in [0.29, 0.717) is 6.42 Å². The van der Waals surface area contributed by atoms with Crippen LogP contribution in [0.5, 0.6) is 0 Å². The molecule has 0 saturated heterocycles. The summed E-state index contributed by atoms with van der Waals surface area (Å²) in [5, 5.41) is 32.8. The Kier molecular flexibility index (Phi) is 27.0. The molecule has 0 aromatic carbocycles. The Hall–Kier alpha value is -1.17. The maximum atomic E-state index is 12.3. The van der Waals surface area contributed by atoms with Crippen LogP contribution in [0.4, 0.5) is 0 Å². The monoisotopic (exact) mass is 523 g/mol. The van der Waals surface area contributed by atoms with Crippen molar-refractivity contribution in [2.75, 3.05) is 6.61 Å². The molecule has 4 N–H and O–H groups in total. The number of rotatable bonds is 27. The van der Waals surface area contributed by atoms with E-state index in [2.05, 4.69) is 31.3 Å². The molecule has 0 radical (unpaired) electrons. The minimum atomic E-state index is -0.944. The van der Waals surface area contributed by atoms with Gasteiger partial charge in [0.05, 0.1) is 31.3 Å². The predicted octanol–water partition coefficient (Wildman–Crippen LogP) is 7.53. The molecule has 5 nitrogen and oxygen atoms in total. The van der Waals surface area contributed by atoms with Crippen molar-refractivity contribution in [1.82, 2.24) is 5.32 Å². The summed E-state index contributed by atoms with van der Waals surface area (Å²) in [6.07, 6.45) is 30.1. The van der Waals surface area contributed by atoms with E-state index >= 15 is 0 Å². The molecule has 3 atom stereocenters. The lowest BCUT2D eigenvalue weighted by Crippen LogP contribution is -2.45. The molecule has 0 rings (SSSR count). The first-order valence-electron chi connectivity index (χ1n) is 15.6. The molecule has 0 aliphatic carbocycles. The number of nitrogens with one attached hydrogen (secondary N) is 1. The van der Waals surface area contributed by atoms with E-state index in [1.165, 1.54) is 89.9 Å². The number of carbonyl (C=O) groups excluding carboxylic acids is 1. The van der Waals surface area contributed by atoms with Crippen LogP contribution in [-0.2, 0) is 4.79 Å². The quantitative estimate of drug-likeness (QED) is 0.0661. The largest absolute Gasteiger partial charge is 0.394 e. The molecule has 0 aliphatic heterocycles. The first-order valence-corrected chi connectivity index (χ1v) is 15.6. The second-order valence-corrected chi connectivity index (χ2v) is 10.7. The molecule has 5 heteroatoms. The highest BCUT2D eigenvalue weighted by atomic mass is 16.3. The zero-order valence-electron chi connectivity index (χ0n) is 24.3. The van der Waals surface area contributed by atoms with Crippen molar-refractivity contribution in [2.45, 2.75) is 167 Å². The smallest absolute Gasteiger partial charge is 0.222 e. The van der Waals surface area contributed by atoms with Crippen molar-refractivity contribution < 1.29 is 20.1 Å². The lowest BCUT2D eigenvalue weighted by atomic mass is 10.0. The molecule has 0 aromatic rings. The van der Waals surface area contributed by atoms with Gasteiger partial charge in [0.15, 0.2) is 0 Å². The van der Waals surface area contributed by atoms with Gasteiger partial charge >= 0.3 is 0 Å². The Bertz CT molecular complexity index is 549. The summed E-state index contributed by atoms with van der Waals surface area (Å²) in [6.45, 7) is 4.13. The highest BCUT2D eigenvalue weighted by Crippen LogP contribution is 2.14. The van der Waals surface area contributed by atoms with Gasteiger partial charge in [-0.3, -0.25) is 4.79 Å². The Labute approximate surface area is 229 Å². The average Bonchev–Trinajstić information content (AvgIpc) is 2.88. The molecule has 37 heavy (non-hydrogen) atoms. The summed E-state index contributed by atoms with van der Waals surface area (Å²) in [4.78, 5) is 12.3. The Morgan fingerprint density at radius 1 is 0.676 bits per heavy atom.